The van der Waals surface area contributed by atoms with Gasteiger partial charge in [-0.15, -0.1) is 0 Å². The lowest BCUT2D eigenvalue weighted by molar-refractivity contribution is 0.833. The minimum Gasteiger partial charge on any atom is -0.397 e. The molecule has 1 aromatic carbocycles. The van der Waals surface area contributed by atoms with Gasteiger partial charge in [-0.1, -0.05) is 12.1 Å². The summed E-state index contributed by atoms with van der Waals surface area (Å²) in [6.45, 7) is 1.97. The van der Waals surface area contributed by atoms with Crippen LogP contribution in [-0.4, -0.2) is 10.9 Å². The van der Waals surface area contributed by atoms with Gasteiger partial charge >= 0.3 is 0 Å². The Morgan fingerprint density at radius 3 is 2.68 bits per heavy atom. The summed E-state index contributed by atoms with van der Waals surface area (Å²) in [5.41, 5.74) is 14.9. The van der Waals surface area contributed by atoms with Crippen molar-refractivity contribution in [3.8, 4) is 12.3 Å². The van der Waals surface area contributed by atoms with E-state index in [0.717, 1.165) is 14.7 Å². The van der Waals surface area contributed by atoms with Gasteiger partial charge in [0.15, 0.2) is 6.19 Å². The Hall–Kier alpha value is -3.05. The third-order valence-electron chi connectivity index (χ3n) is 3.90. The molecule has 0 amide bonds. The molecule has 1 aliphatic rings. The van der Waals surface area contributed by atoms with Crippen molar-refractivity contribution in [3.05, 3.63) is 44.0 Å². The highest BCUT2D eigenvalue weighted by Gasteiger charge is 2.31. The van der Waals surface area contributed by atoms with E-state index in [-0.39, 0.29) is 23.0 Å². The van der Waals surface area contributed by atoms with E-state index in [4.69, 9.17) is 16.7 Å². The number of rotatable bonds is 1. The fourth-order valence-electron chi connectivity index (χ4n) is 2.78. The molecule has 1 aromatic heterocycles. The van der Waals surface area contributed by atoms with E-state index < -0.39 is 6.04 Å². The molecule has 2 heterocycles. The summed E-state index contributed by atoms with van der Waals surface area (Å²) in [7, 11) is 0. The first-order valence-corrected chi connectivity index (χ1v) is 8.29. The first-order valence-electron chi connectivity index (χ1n) is 7.21. The van der Waals surface area contributed by atoms with Crippen molar-refractivity contribution in [1.82, 2.24) is 10.3 Å². The number of hydrogen-bond acceptors (Lipinski definition) is 8. The molecule has 8 nitrogen and oxygen atoms in total. The maximum atomic E-state index is 9.34. The molecule has 124 valence electrons. The number of aryl methyl sites for hydroxylation is 1. The van der Waals surface area contributed by atoms with Crippen molar-refractivity contribution >= 4 is 45.9 Å². The molecule has 3 rings (SSSR count). The van der Waals surface area contributed by atoms with Crippen LogP contribution in [0, 0.1) is 33.3 Å². The van der Waals surface area contributed by atoms with E-state index >= 15 is 0 Å². The Balaban J connectivity index is 2.32. The predicted octanol–water partition coefficient (Wildman–Crippen LogP) is 1.97. The molecule has 1 unspecified atom stereocenters. The summed E-state index contributed by atoms with van der Waals surface area (Å²) in [4.78, 5) is 8.81. The normalized spacial score (nSPS) is 15.2. The molecule has 0 radical (unpaired) electrons. The molecule has 0 bridgehead atoms. The first kappa shape index (κ1) is 16.8. The van der Waals surface area contributed by atoms with Crippen LogP contribution in [0.5, 0.6) is 0 Å². The highest BCUT2D eigenvalue weighted by molar-refractivity contribution is 14.1. The van der Waals surface area contributed by atoms with Crippen molar-refractivity contribution in [2.24, 2.45) is 4.99 Å². The van der Waals surface area contributed by atoms with Crippen LogP contribution in [-0.2, 0) is 0 Å². The van der Waals surface area contributed by atoms with Crippen molar-refractivity contribution in [3.63, 3.8) is 0 Å². The second-order valence-electron chi connectivity index (χ2n) is 5.37. The maximum absolute atomic E-state index is 9.34. The zero-order valence-corrected chi connectivity index (χ0v) is 15.3. The number of guanidine groups is 1. The van der Waals surface area contributed by atoms with Crippen LogP contribution < -0.4 is 22.1 Å². The molecule has 0 spiro atoms. The van der Waals surface area contributed by atoms with E-state index in [1.165, 1.54) is 0 Å². The number of nitrogens with two attached hydrogens (primary N) is 2. The van der Waals surface area contributed by atoms with E-state index in [0.29, 0.717) is 11.4 Å². The quantitative estimate of drug-likeness (QED) is 0.299. The summed E-state index contributed by atoms with van der Waals surface area (Å²) in [6.07, 6.45) is 1.83. The van der Waals surface area contributed by atoms with Gasteiger partial charge in [0.1, 0.15) is 29.3 Å². The molecule has 9 heteroatoms. The summed E-state index contributed by atoms with van der Waals surface area (Å²) in [5.74, 6) is 0.656. The third-order valence-corrected chi connectivity index (χ3v) is 4.84. The number of fused-ring (bicyclic) bond motifs is 1. The smallest absolute Gasteiger partial charge is 0.211 e. The van der Waals surface area contributed by atoms with Gasteiger partial charge < -0.3 is 16.8 Å². The fourth-order valence-corrected chi connectivity index (χ4v) is 3.71. The molecule has 25 heavy (non-hydrogen) atoms. The van der Waals surface area contributed by atoms with Crippen LogP contribution >= 0.6 is 22.6 Å². The number of anilines is 3. The van der Waals surface area contributed by atoms with Gasteiger partial charge in [-0.25, -0.2) is 9.98 Å². The number of nitrogens with one attached hydrogen (secondary N) is 2. The minimum absolute atomic E-state index is 0.0303. The first-order chi connectivity index (χ1) is 12.0. The molecule has 1 aliphatic heterocycles. The molecule has 0 saturated carbocycles. The summed E-state index contributed by atoms with van der Waals surface area (Å²) < 4.78 is 0.991. The molecule has 0 saturated heterocycles. The summed E-state index contributed by atoms with van der Waals surface area (Å²) in [5, 5.41) is 23.7. The number of nitrogen functional groups attached to an aromatic ring is 2. The Bertz CT molecular complexity index is 963. The number of halogens is 1. The van der Waals surface area contributed by atoms with Gasteiger partial charge in [0.25, 0.3) is 0 Å². The number of benzene rings is 1. The third kappa shape index (κ3) is 2.79. The van der Waals surface area contributed by atoms with Crippen molar-refractivity contribution in [2.45, 2.75) is 13.0 Å². The van der Waals surface area contributed by atoms with E-state index in [9.17, 15) is 5.26 Å². The van der Waals surface area contributed by atoms with Gasteiger partial charge in [-0.2, -0.15) is 10.5 Å². The van der Waals surface area contributed by atoms with Crippen molar-refractivity contribution in [1.29, 1.82) is 10.5 Å². The van der Waals surface area contributed by atoms with Gasteiger partial charge in [-0.3, -0.25) is 5.32 Å². The second kappa shape index (κ2) is 6.45. The largest absolute Gasteiger partial charge is 0.397 e. The number of aliphatic imine (C=N–C) groups is 1. The Kier molecular flexibility index (Phi) is 4.33. The van der Waals surface area contributed by atoms with Crippen molar-refractivity contribution < 1.29 is 0 Å². The second-order valence-corrected chi connectivity index (χ2v) is 6.53. The lowest BCUT2D eigenvalue weighted by Crippen LogP contribution is -2.33. The molecule has 1 atom stereocenters. The highest BCUT2D eigenvalue weighted by Crippen LogP contribution is 2.42. The number of nitriles is 2. The van der Waals surface area contributed by atoms with E-state index in [2.05, 4.69) is 43.2 Å². The number of pyridine rings is 1. The number of hydrogen-bond donors (Lipinski definition) is 4. The standard InChI is InChI=1S/C16H13IN8/c1-7-3-2-4-9(17)10(7)13-11-12(20)8(5-18)14(21)24-15(11)25-16(23-13)22-6-19/h2-4,13H,1H3,(H6,20,21,22,23,24,25). The average Bonchev–Trinajstić information content (AvgIpc) is 2.54. The molecule has 0 fully saturated rings. The van der Waals surface area contributed by atoms with Crippen LogP contribution in [0.3, 0.4) is 0 Å². The van der Waals surface area contributed by atoms with Gasteiger partial charge in [0, 0.05) is 9.13 Å². The number of aromatic nitrogens is 1. The topological polar surface area (TPSA) is 149 Å². The van der Waals surface area contributed by atoms with Crippen LogP contribution in [0.15, 0.2) is 23.2 Å². The summed E-state index contributed by atoms with van der Waals surface area (Å²) >= 11 is 2.23. The summed E-state index contributed by atoms with van der Waals surface area (Å²) in [6, 6.07) is 7.36. The fraction of sp³-hybridized carbons (Fsp3) is 0.125. The zero-order valence-electron chi connectivity index (χ0n) is 13.1. The average molecular weight is 444 g/mol. The molecular formula is C16H13IN8. The van der Waals surface area contributed by atoms with Gasteiger partial charge in [0.2, 0.25) is 5.96 Å². The molecular weight excluding hydrogens is 431 g/mol. The molecule has 6 N–H and O–H groups in total. The monoisotopic (exact) mass is 444 g/mol. The molecule has 0 aliphatic carbocycles. The van der Waals surface area contributed by atoms with E-state index in [1.54, 1.807) is 0 Å². The van der Waals surface area contributed by atoms with Gasteiger partial charge in [-0.05, 0) is 46.7 Å². The molecule has 2 aromatic rings. The van der Waals surface area contributed by atoms with Crippen LogP contribution in [0.2, 0.25) is 0 Å². The maximum Gasteiger partial charge on any atom is 0.211 e. The lowest BCUT2D eigenvalue weighted by atomic mass is 9.92. The van der Waals surface area contributed by atoms with Crippen LogP contribution in [0.25, 0.3) is 0 Å². The lowest BCUT2D eigenvalue weighted by Gasteiger charge is -2.27. The Morgan fingerprint density at radius 1 is 1.28 bits per heavy atom. The zero-order chi connectivity index (χ0) is 18.1. The highest BCUT2D eigenvalue weighted by atomic mass is 127. The Labute approximate surface area is 157 Å². The minimum atomic E-state index is -0.514. The predicted molar refractivity (Wildman–Crippen MR) is 103 cm³/mol. The van der Waals surface area contributed by atoms with E-state index in [1.807, 2.05) is 37.4 Å². The van der Waals surface area contributed by atoms with Crippen molar-refractivity contribution in [2.75, 3.05) is 16.8 Å². The van der Waals surface area contributed by atoms with Crippen LogP contribution in [0.4, 0.5) is 17.3 Å². The van der Waals surface area contributed by atoms with Crippen LogP contribution in [0.1, 0.15) is 28.3 Å². The Morgan fingerprint density at radius 2 is 2.04 bits per heavy atom. The van der Waals surface area contributed by atoms with Gasteiger partial charge in [0.05, 0.1) is 5.69 Å². The number of nitrogens with zero attached hydrogens (tertiary/aromatic N) is 4. The SMILES string of the molecule is Cc1cccc(I)c1C1N=C(NC#N)Nc2nc(N)c(C#N)c(N)c21.